The molecule has 0 aliphatic rings. The number of ether oxygens (including phenoxy) is 1. The fourth-order valence-electron chi connectivity index (χ4n) is 2.85. The highest BCUT2D eigenvalue weighted by molar-refractivity contribution is 7.92. The Kier molecular flexibility index (Phi) is 4.70. The minimum absolute atomic E-state index is 0.102. The van der Waals surface area contributed by atoms with Gasteiger partial charge < -0.3 is 9.72 Å². The molecule has 28 heavy (non-hydrogen) atoms. The van der Waals surface area contributed by atoms with Crippen LogP contribution in [0.4, 0.5) is 5.69 Å². The van der Waals surface area contributed by atoms with Gasteiger partial charge in [0.25, 0.3) is 10.0 Å². The molecular weight excluding hydrogens is 398 g/mol. The molecule has 0 bridgehead atoms. The summed E-state index contributed by atoms with van der Waals surface area (Å²) in [4.78, 5) is 7.79. The zero-order valence-corrected chi connectivity index (χ0v) is 16.4. The van der Waals surface area contributed by atoms with Crippen molar-refractivity contribution in [3.63, 3.8) is 0 Å². The third-order valence-corrected chi connectivity index (χ3v) is 5.81. The van der Waals surface area contributed by atoms with Gasteiger partial charge in [-0.1, -0.05) is 41.9 Å². The van der Waals surface area contributed by atoms with Gasteiger partial charge in [0.2, 0.25) is 0 Å². The van der Waals surface area contributed by atoms with Crippen LogP contribution in [0.1, 0.15) is 0 Å². The van der Waals surface area contributed by atoms with Crippen LogP contribution in [0.25, 0.3) is 22.4 Å². The highest BCUT2D eigenvalue weighted by Gasteiger charge is 2.18. The van der Waals surface area contributed by atoms with Crippen molar-refractivity contribution in [2.24, 2.45) is 0 Å². The molecular formula is C20H16ClN3O3S. The lowest BCUT2D eigenvalue weighted by atomic mass is 10.2. The Balaban J connectivity index is 1.71. The largest absolute Gasteiger partial charge is 0.495 e. The van der Waals surface area contributed by atoms with Crippen LogP contribution in [0.2, 0.25) is 5.02 Å². The number of aromatic amines is 1. The molecule has 0 unspecified atom stereocenters. The van der Waals surface area contributed by atoms with Gasteiger partial charge in [-0.05, 0) is 36.4 Å². The zero-order valence-electron chi connectivity index (χ0n) is 14.8. The molecule has 0 saturated heterocycles. The molecule has 0 amide bonds. The Bertz CT molecular complexity index is 1250. The third-order valence-electron chi connectivity index (χ3n) is 4.22. The van der Waals surface area contributed by atoms with Gasteiger partial charge in [0.05, 0.1) is 28.7 Å². The molecule has 1 heterocycles. The van der Waals surface area contributed by atoms with Gasteiger partial charge in [0, 0.05) is 10.6 Å². The second kappa shape index (κ2) is 7.18. The summed E-state index contributed by atoms with van der Waals surface area (Å²) in [7, 11) is -2.38. The van der Waals surface area contributed by atoms with Crippen LogP contribution in [0, 0.1) is 0 Å². The van der Waals surface area contributed by atoms with E-state index in [2.05, 4.69) is 14.7 Å². The van der Waals surface area contributed by atoms with Crippen molar-refractivity contribution < 1.29 is 13.2 Å². The summed E-state index contributed by atoms with van der Waals surface area (Å²) in [6, 6.07) is 19.1. The molecule has 142 valence electrons. The molecule has 0 aliphatic heterocycles. The molecule has 4 aromatic rings. The van der Waals surface area contributed by atoms with Gasteiger partial charge in [0.15, 0.2) is 0 Å². The Morgan fingerprint density at radius 2 is 1.82 bits per heavy atom. The number of rotatable bonds is 5. The molecule has 0 spiro atoms. The van der Waals surface area contributed by atoms with Gasteiger partial charge in [-0.15, -0.1) is 0 Å². The number of sulfonamides is 1. The van der Waals surface area contributed by atoms with E-state index in [1.165, 1.54) is 19.2 Å². The van der Waals surface area contributed by atoms with Gasteiger partial charge in [-0.2, -0.15) is 0 Å². The zero-order chi connectivity index (χ0) is 19.7. The molecule has 4 rings (SSSR count). The van der Waals surface area contributed by atoms with E-state index in [0.29, 0.717) is 27.6 Å². The van der Waals surface area contributed by atoms with Crippen molar-refractivity contribution in [1.82, 2.24) is 9.97 Å². The first-order valence-corrected chi connectivity index (χ1v) is 10.2. The first-order chi connectivity index (χ1) is 13.5. The second-order valence-electron chi connectivity index (χ2n) is 6.08. The minimum atomic E-state index is -3.85. The summed E-state index contributed by atoms with van der Waals surface area (Å²) in [6.45, 7) is 0. The Labute approximate surface area is 167 Å². The van der Waals surface area contributed by atoms with Crippen LogP contribution in [0.5, 0.6) is 5.75 Å². The number of imidazole rings is 1. The molecule has 6 nitrogen and oxygen atoms in total. The summed E-state index contributed by atoms with van der Waals surface area (Å²) in [5.74, 6) is 1.05. The third kappa shape index (κ3) is 3.54. The first kappa shape index (κ1) is 18.3. The maximum absolute atomic E-state index is 12.9. The number of hydrogen-bond acceptors (Lipinski definition) is 4. The van der Waals surface area contributed by atoms with E-state index in [1.54, 1.807) is 24.3 Å². The van der Waals surface area contributed by atoms with E-state index in [1.807, 2.05) is 30.3 Å². The van der Waals surface area contributed by atoms with E-state index in [4.69, 9.17) is 16.3 Å². The Hall–Kier alpha value is -3.03. The number of H-pyrrole nitrogens is 1. The standard InChI is InChI=1S/C20H16ClN3O3S/c1-27-19-10-7-14(21)11-18(19)24-28(25,26)15-8-9-16-17(12-15)23-20(22-16)13-5-3-2-4-6-13/h2-12,24H,1H3,(H,22,23). The van der Waals surface area contributed by atoms with Gasteiger partial charge in [-0.25, -0.2) is 13.4 Å². The van der Waals surface area contributed by atoms with Crippen molar-refractivity contribution >= 4 is 38.3 Å². The molecule has 0 atom stereocenters. The number of halogens is 1. The molecule has 0 fully saturated rings. The van der Waals surface area contributed by atoms with Crippen molar-refractivity contribution in [2.45, 2.75) is 4.90 Å². The second-order valence-corrected chi connectivity index (χ2v) is 8.20. The fourth-order valence-corrected chi connectivity index (χ4v) is 4.11. The maximum Gasteiger partial charge on any atom is 0.262 e. The number of aromatic nitrogens is 2. The van der Waals surface area contributed by atoms with Crippen LogP contribution in [-0.2, 0) is 10.0 Å². The predicted molar refractivity (Wildman–Crippen MR) is 110 cm³/mol. The van der Waals surface area contributed by atoms with E-state index in [0.717, 1.165) is 5.56 Å². The number of benzene rings is 3. The molecule has 3 aromatic carbocycles. The average molecular weight is 414 g/mol. The van der Waals surface area contributed by atoms with E-state index in [-0.39, 0.29) is 10.6 Å². The molecule has 8 heteroatoms. The van der Waals surface area contributed by atoms with E-state index in [9.17, 15) is 8.42 Å². The highest BCUT2D eigenvalue weighted by Crippen LogP contribution is 2.30. The van der Waals surface area contributed by atoms with Crippen LogP contribution < -0.4 is 9.46 Å². The van der Waals surface area contributed by atoms with Crippen LogP contribution >= 0.6 is 11.6 Å². The molecule has 0 radical (unpaired) electrons. The highest BCUT2D eigenvalue weighted by atomic mass is 35.5. The van der Waals surface area contributed by atoms with Crippen molar-refractivity contribution in [2.75, 3.05) is 11.8 Å². The number of hydrogen-bond donors (Lipinski definition) is 2. The maximum atomic E-state index is 12.9. The summed E-state index contributed by atoms with van der Waals surface area (Å²) in [5, 5.41) is 0.398. The van der Waals surface area contributed by atoms with Crippen molar-refractivity contribution in [3.05, 3.63) is 71.8 Å². The normalized spacial score (nSPS) is 11.5. The topological polar surface area (TPSA) is 84.1 Å². The number of nitrogens with zero attached hydrogens (tertiary/aromatic N) is 1. The Morgan fingerprint density at radius 3 is 2.57 bits per heavy atom. The molecule has 0 aliphatic carbocycles. The smallest absolute Gasteiger partial charge is 0.262 e. The summed E-state index contributed by atoms with van der Waals surface area (Å²) >= 11 is 5.98. The van der Waals surface area contributed by atoms with Gasteiger partial charge in [-0.3, -0.25) is 4.72 Å². The van der Waals surface area contributed by atoms with Gasteiger partial charge in [0.1, 0.15) is 11.6 Å². The molecule has 1 aromatic heterocycles. The molecule has 2 N–H and O–H groups in total. The monoisotopic (exact) mass is 413 g/mol. The van der Waals surface area contributed by atoms with Crippen LogP contribution in [0.15, 0.2) is 71.6 Å². The van der Waals surface area contributed by atoms with Gasteiger partial charge >= 0.3 is 0 Å². The lowest BCUT2D eigenvalue weighted by Gasteiger charge is -2.12. The Morgan fingerprint density at radius 1 is 1.04 bits per heavy atom. The summed E-state index contributed by atoms with van der Waals surface area (Å²) < 4.78 is 33.4. The van der Waals surface area contributed by atoms with Crippen molar-refractivity contribution in [3.8, 4) is 17.1 Å². The number of anilines is 1. The fraction of sp³-hybridized carbons (Fsp3) is 0.0500. The average Bonchev–Trinajstić information content (AvgIpc) is 3.12. The predicted octanol–water partition coefficient (Wildman–Crippen LogP) is 4.69. The number of nitrogens with one attached hydrogen (secondary N) is 2. The van der Waals surface area contributed by atoms with Crippen LogP contribution in [0.3, 0.4) is 0 Å². The number of methoxy groups -OCH3 is 1. The lowest BCUT2D eigenvalue weighted by Crippen LogP contribution is -2.13. The SMILES string of the molecule is COc1ccc(Cl)cc1NS(=O)(=O)c1ccc2nc(-c3ccccc3)[nH]c2c1. The summed E-state index contributed by atoms with van der Waals surface area (Å²) in [5.41, 5.74) is 2.49. The van der Waals surface area contributed by atoms with E-state index < -0.39 is 10.0 Å². The quantitative estimate of drug-likeness (QED) is 0.497. The summed E-state index contributed by atoms with van der Waals surface area (Å²) in [6.07, 6.45) is 0. The van der Waals surface area contributed by atoms with E-state index >= 15 is 0 Å². The minimum Gasteiger partial charge on any atom is -0.495 e. The van der Waals surface area contributed by atoms with Crippen molar-refractivity contribution in [1.29, 1.82) is 0 Å². The molecule has 0 saturated carbocycles. The number of fused-ring (bicyclic) bond motifs is 1. The van der Waals surface area contributed by atoms with Crippen LogP contribution in [-0.4, -0.2) is 25.5 Å². The first-order valence-electron chi connectivity index (χ1n) is 8.38. The lowest BCUT2D eigenvalue weighted by molar-refractivity contribution is 0.417.